The van der Waals surface area contributed by atoms with Crippen molar-refractivity contribution in [3.8, 4) is 5.75 Å². The highest BCUT2D eigenvalue weighted by Crippen LogP contribution is 2.23. The Bertz CT molecular complexity index is 830. The van der Waals surface area contributed by atoms with Gasteiger partial charge >= 0.3 is 0 Å². The second-order valence-electron chi connectivity index (χ2n) is 6.31. The maximum absolute atomic E-state index is 12.5. The van der Waals surface area contributed by atoms with Crippen LogP contribution >= 0.6 is 0 Å². The number of rotatable bonds is 8. The molecule has 0 bridgehead atoms. The highest BCUT2D eigenvalue weighted by Gasteiger charge is 2.22. The van der Waals surface area contributed by atoms with Gasteiger partial charge in [-0.05, 0) is 42.3 Å². The van der Waals surface area contributed by atoms with Crippen LogP contribution in [0.2, 0.25) is 0 Å². The minimum atomic E-state index is -0.390. The minimum Gasteiger partial charge on any atom is -0.497 e. The van der Waals surface area contributed by atoms with Gasteiger partial charge in [0.25, 0.3) is 0 Å². The first-order valence-electron chi connectivity index (χ1n) is 8.92. The van der Waals surface area contributed by atoms with Crippen molar-refractivity contribution in [2.45, 2.75) is 25.6 Å². The fraction of sp³-hybridized carbons (Fsp3) is 0.227. The normalized spacial score (nSPS) is 13.0. The van der Waals surface area contributed by atoms with Crippen molar-refractivity contribution in [2.24, 2.45) is 0 Å². The fourth-order valence-corrected chi connectivity index (χ4v) is 2.85. The average molecular weight is 364 g/mol. The number of hydrogen-bond donors (Lipinski definition) is 2. The van der Waals surface area contributed by atoms with Crippen molar-refractivity contribution >= 4 is 5.91 Å². The maximum Gasteiger partial charge on any atom is 0.237 e. The summed E-state index contributed by atoms with van der Waals surface area (Å²) in [6.45, 7) is 2.31. The van der Waals surface area contributed by atoms with E-state index in [0.29, 0.717) is 6.54 Å². The highest BCUT2D eigenvalue weighted by molar-refractivity contribution is 5.81. The summed E-state index contributed by atoms with van der Waals surface area (Å²) in [5, 5.41) is 6.33. The number of hydrogen-bond acceptors (Lipinski definition) is 4. The first kappa shape index (κ1) is 18.7. The van der Waals surface area contributed by atoms with Crippen molar-refractivity contribution in [1.82, 2.24) is 10.6 Å². The maximum atomic E-state index is 12.5. The van der Waals surface area contributed by atoms with Gasteiger partial charge in [-0.1, -0.05) is 42.5 Å². The van der Waals surface area contributed by atoms with Crippen molar-refractivity contribution in [2.75, 3.05) is 7.11 Å². The Morgan fingerprint density at radius 2 is 1.78 bits per heavy atom. The van der Waals surface area contributed by atoms with Crippen LogP contribution in [0.1, 0.15) is 29.9 Å². The predicted molar refractivity (Wildman–Crippen MR) is 104 cm³/mol. The fourth-order valence-electron chi connectivity index (χ4n) is 2.85. The number of nitrogens with one attached hydrogen (secondary N) is 2. The molecule has 0 unspecified atom stereocenters. The van der Waals surface area contributed by atoms with E-state index in [9.17, 15) is 4.79 Å². The van der Waals surface area contributed by atoms with E-state index in [0.717, 1.165) is 22.6 Å². The van der Waals surface area contributed by atoms with Gasteiger partial charge in [-0.3, -0.25) is 10.1 Å². The first-order valence-corrected chi connectivity index (χ1v) is 8.92. The summed E-state index contributed by atoms with van der Waals surface area (Å²) in [7, 11) is 1.63. The number of methoxy groups -OCH3 is 1. The standard InChI is InChI=1S/C22H24N2O3/c1-16(22(25)23-15-17-10-12-19(26-2)13-11-17)24-21(20-9-6-14-27-20)18-7-4-3-5-8-18/h3-14,16,21,24H,15H2,1-2H3,(H,23,25)/t16-,21-/m0/s1. The van der Waals surface area contributed by atoms with E-state index < -0.39 is 6.04 Å². The number of carbonyl (C=O) groups is 1. The zero-order valence-electron chi connectivity index (χ0n) is 15.5. The van der Waals surface area contributed by atoms with Gasteiger partial charge in [0, 0.05) is 6.54 Å². The summed E-state index contributed by atoms with van der Waals surface area (Å²) in [6, 6.07) is 20.8. The number of amides is 1. The number of carbonyl (C=O) groups excluding carboxylic acids is 1. The summed E-state index contributed by atoms with van der Waals surface area (Å²) in [4.78, 5) is 12.5. The van der Waals surface area contributed by atoms with E-state index in [4.69, 9.17) is 9.15 Å². The molecular weight excluding hydrogens is 340 g/mol. The molecule has 1 amide bonds. The molecule has 0 saturated carbocycles. The molecule has 3 rings (SSSR count). The van der Waals surface area contributed by atoms with Crippen LogP contribution in [-0.4, -0.2) is 19.1 Å². The Kier molecular flexibility index (Phi) is 6.28. The molecule has 2 atom stereocenters. The van der Waals surface area contributed by atoms with Gasteiger partial charge in [0.05, 0.1) is 25.5 Å². The van der Waals surface area contributed by atoms with Gasteiger partial charge in [0.15, 0.2) is 0 Å². The molecule has 5 nitrogen and oxygen atoms in total. The Labute approximate surface area is 159 Å². The second-order valence-corrected chi connectivity index (χ2v) is 6.31. The van der Waals surface area contributed by atoms with Crippen LogP contribution < -0.4 is 15.4 Å². The quantitative estimate of drug-likeness (QED) is 0.640. The molecule has 0 fully saturated rings. The highest BCUT2D eigenvalue weighted by atomic mass is 16.5. The predicted octanol–water partition coefficient (Wildman–Crippen LogP) is 3.67. The van der Waals surface area contributed by atoms with Crippen LogP contribution in [0.4, 0.5) is 0 Å². The molecule has 1 heterocycles. The van der Waals surface area contributed by atoms with Gasteiger partial charge in [-0.15, -0.1) is 0 Å². The number of benzene rings is 2. The molecule has 140 valence electrons. The van der Waals surface area contributed by atoms with E-state index in [1.807, 2.05) is 73.7 Å². The van der Waals surface area contributed by atoms with Crippen molar-refractivity contribution in [3.05, 3.63) is 89.9 Å². The van der Waals surface area contributed by atoms with Gasteiger partial charge in [0.1, 0.15) is 11.5 Å². The molecule has 1 aromatic heterocycles. The lowest BCUT2D eigenvalue weighted by atomic mass is 10.0. The van der Waals surface area contributed by atoms with Crippen LogP contribution in [0.25, 0.3) is 0 Å². The SMILES string of the molecule is COc1ccc(CNC(=O)[C@H](C)N[C@@H](c2ccccc2)c2ccco2)cc1. The molecule has 0 spiro atoms. The van der Waals surface area contributed by atoms with Crippen LogP contribution in [0.15, 0.2) is 77.4 Å². The summed E-state index contributed by atoms with van der Waals surface area (Å²) in [5.41, 5.74) is 2.06. The van der Waals surface area contributed by atoms with E-state index in [-0.39, 0.29) is 11.9 Å². The average Bonchev–Trinajstić information content (AvgIpc) is 3.25. The first-order chi connectivity index (χ1) is 13.2. The molecule has 2 N–H and O–H groups in total. The second kappa shape index (κ2) is 9.05. The van der Waals surface area contributed by atoms with E-state index in [1.165, 1.54) is 0 Å². The Morgan fingerprint density at radius 1 is 1.04 bits per heavy atom. The lowest BCUT2D eigenvalue weighted by molar-refractivity contribution is -0.123. The van der Waals surface area contributed by atoms with Crippen molar-refractivity contribution in [3.63, 3.8) is 0 Å². The molecule has 0 aliphatic carbocycles. The molecule has 0 aliphatic rings. The Hall–Kier alpha value is -3.05. The topological polar surface area (TPSA) is 63.5 Å². The van der Waals surface area contributed by atoms with Crippen LogP contribution in [-0.2, 0) is 11.3 Å². The summed E-state index contributed by atoms with van der Waals surface area (Å²) in [5.74, 6) is 1.50. The third-order valence-electron chi connectivity index (χ3n) is 4.40. The van der Waals surface area contributed by atoms with Crippen molar-refractivity contribution < 1.29 is 13.9 Å². The minimum absolute atomic E-state index is 0.0710. The molecular formula is C22H24N2O3. The largest absolute Gasteiger partial charge is 0.497 e. The monoisotopic (exact) mass is 364 g/mol. The third kappa shape index (κ3) is 4.99. The Morgan fingerprint density at radius 3 is 2.41 bits per heavy atom. The lowest BCUT2D eigenvalue weighted by Crippen LogP contribution is -2.43. The molecule has 3 aromatic rings. The van der Waals surface area contributed by atoms with Gasteiger partial charge in [0.2, 0.25) is 5.91 Å². The Balaban J connectivity index is 1.62. The van der Waals surface area contributed by atoms with Gasteiger partial charge in [-0.25, -0.2) is 0 Å². The van der Waals surface area contributed by atoms with E-state index >= 15 is 0 Å². The smallest absolute Gasteiger partial charge is 0.237 e. The summed E-state index contributed by atoms with van der Waals surface area (Å²) >= 11 is 0. The van der Waals surface area contributed by atoms with Crippen LogP contribution in [0.3, 0.4) is 0 Å². The molecule has 0 saturated heterocycles. The molecule has 5 heteroatoms. The van der Waals surface area contributed by atoms with E-state index in [1.54, 1.807) is 13.4 Å². The molecule has 27 heavy (non-hydrogen) atoms. The van der Waals surface area contributed by atoms with Crippen LogP contribution in [0.5, 0.6) is 5.75 Å². The van der Waals surface area contributed by atoms with Gasteiger partial charge in [-0.2, -0.15) is 0 Å². The molecule has 0 radical (unpaired) electrons. The summed E-state index contributed by atoms with van der Waals surface area (Å²) in [6.07, 6.45) is 1.64. The summed E-state index contributed by atoms with van der Waals surface area (Å²) < 4.78 is 10.7. The molecule has 0 aliphatic heterocycles. The van der Waals surface area contributed by atoms with E-state index in [2.05, 4.69) is 10.6 Å². The zero-order chi connectivity index (χ0) is 19.1. The van der Waals surface area contributed by atoms with Crippen molar-refractivity contribution in [1.29, 1.82) is 0 Å². The lowest BCUT2D eigenvalue weighted by Gasteiger charge is -2.22. The zero-order valence-corrected chi connectivity index (χ0v) is 15.5. The number of furan rings is 1. The van der Waals surface area contributed by atoms with Gasteiger partial charge < -0.3 is 14.5 Å². The molecule has 2 aromatic carbocycles. The van der Waals surface area contributed by atoms with Crippen LogP contribution in [0, 0.1) is 0 Å². The number of ether oxygens (including phenoxy) is 1. The third-order valence-corrected chi connectivity index (χ3v) is 4.40.